The maximum Gasteiger partial charge on any atom is 0.124 e. The average molecular weight is 289 g/mol. The molecule has 1 N–H and O–H groups in total. The highest BCUT2D eigenvalue weighted by Crippen LogP contribution is 2.29. The molecule has 1 atom stereocenters. The van der Waals surface area contributed by atoms with Crippen molar-refractivity contribution in [3.63, 3.8) is 0 Å². The maximum atomic E-state index is 13.2. The summed E-state index contributed by atoms with van der Waals surface area (Å²) in [4.78, 5) is 0. The molecule has 0 bridgehead atoms. The standard InChI is InChI=1S/C13H18BrFO/c1-3-4-13(2,9-16)8-10-5-11(14)7-12(15)6-10/h5-7,16H,3-4,8-9H2,1-2H3. The van der Waals surface area contributed by atoms with E-state index in [2.05, 4.69) is 22.9 Å². The summed E-state index contributed by atoms with van der Waals surface area (Å²) in [5, 5.41) is 9.41. The SMILES string of the molecule is CCCC(C)(CO)Cc1cc(F)cc(Br)c1. The van der Waals surface area contributed by atoms with Gasteiger partial charge in [-0.3, -0.25) is 0 Å². The second-order valence-corrected chi connectivity index (χ2v) is 5.59. The van der Waals surface area contributed by atoms with Crippen molar-refractivity contribution in [2.75, 3.05) is 6.61 Å². The van der Waals surface area contributed by atoms with E-state index in [4.69, 9.17) is 0 Å². The van der Waals surface area contributed by atoms with Crippen LogP contribution in [0.4, 0.5) is 4.39 Å². The molecule has 0 spiro atoms. The van der Waals surface area contributed by atoms with E-state index in [1.54, 1.807) is 0 Å². The van der Waals surface area contributed by atoms with Crippen LogP contribution in [0.25, 0.3) is 0 Å². The normalized spacial score (nSPS) is 14.8. The topological polar surface area (TPSA) is 20.2 Å². The van der Waals surface area contributed by atoms with E-state index >= 15 is 0 Å². The number of benzene rings is 1. The predicted molar refractivity (Wildman–Crippen MR) is 67.9 cm³/mol. The summed E-state index contributed by atoms with van der Waals surface area (Å²) in [6.45, 7) is 4.26. The first kappa shape index (κ1) is 13.7. The molecule has 0 saturated carbocycles. The monoisotopic (exact) mass is 288 g/mol. The Balaban J connectivity index is 2.85. The van der Waals surface area contributed by atoms with Crippen molar-refractivity contribution in [2.24, 2.45) is 5.41 Å². The molecular formula is C13H18BrFO. The summed E-state index contributed by atoms with van der Waals surface area (Å²) in [5.41, 5.74) is 0.777. The van der Waals surface area contributed by atoms with Gasteiger partial charge >= 0.3 is 0 Å². The molecule has 0 aliphatic rings. The van der Waals surface area contributed by atoms with Gasteiger partial charge in [0.2, 0.25) is 0 Å². The summed E-state index contributed by atoms with van der Waals surface area (Å²) in [6, 6.07) is 4.89. The van der Waals surface area contributed by atoms with Crippen molar-refractivity contribution in [3.8, 4) is 0 Å². The van der Waals surface area contributed by atoms with Gasteiger partial charge in [0.05, 0.1) is 0 Å². The van der Waals surface area contributed by atoms with Crippen molar-refractivity contribution in [2.45, 2.75) is 33.1 Å². The third-order valence-electron chi connectivity index (χ3n) is 2.79. The van der Waals surface area contributed by atoms with E-state index in [1.807, 2.05) is 13.0 Å². The van der Waals surface area contributed by atoms with Crippen molar-refractivity contribution >= 4 is 15.9 Å². The Morgan fingerprint density at radius 1 is 1.38 bits per heavy atom. The van der Waals surface area contributed by atoms with Gasteiger partial charge in [-0.25, -0.2) is 4.39 Å². The smallest absolute Gasteiger partial charge is 0.124 e. The zero-order chi connectivity index (χ0) is 12.2. The lowest BCUT2D eigenvalue weighted by Crippen LogP contribution is -2.24. The molecule has 0 amide bonds. The minimum Gasteiger partial charge on any atom is -0.396 e. The zero-order valence-electron chi connectivity index (χ0n) is 9.76. The third-order valence-corrected chi connectivity index (χ3v) is 3.25. The number of halogens is 2. The van der Waals surface area contributed by atoms with Gasteiger partial charge in [-0.15, -0.1) is 0 Å². The predicted octanol–water partition coefficient (Wildman–Crippen LogP) is 3.93. The second kappa shape index (κ2) is 5.78. The maximum absolute atomic E-state index is 13.2. The van der Waals surface area contributed by atoms with Gasteiger partial charge < -0.3 is 5.11 Å². The first-order valence-electron chi connectivity index (χ1n) is 5.55. The average Bonchev–Trinajstić information content (AvgIpc) is 2.16. The highest BCUT2D eigenvalue weighted by atomic mass is 79.9. The molecule has 0 heterocycles. The molecule has 0 fully saturated rings. The highest BCUT2D eigenvalue weighted by Gasteiger charge is 2.23. The van der Waals surface area contributed by atoms with Crippen LogP contribution in [0.3, 0.4) is 0 Å². The summed E-state index contributed by atoms with van der Waals surface area (Å²) in [6.07, 6.45) is 2.67. The molecule has 0 aliphatic heterocycles. The lowest BCUT2D eigenvalue weighted by molar-refractivity contribution is 0.131. The van der Waals surface area contributed by atoms with Gasteiger partial charge in [-0.2, -0.15) is 0 Å². The Kier molecular flexibility index (Phi) is 4.93. The van der Waals surface area contributed by atoms with Gasteiger partial charge in [-0.1, -0.05) is 36.2 Å². The van der Waals surface area contributed by atoms with Crippen molar-refractivity contribution in [1.29, 1.82) is 0 Å². The number of rotatable bonds is 5. The molecular weight excluding hydrogens is 271 g/mol. The molecule has 1 nitrogen and oxygen atoms in total. The van der Waals surface area contributed by atoms with Gasteiger partial charge in [0.1, 0.15) is 5.82 Å². The second-order valence-electron chi connectivity index (χ2n) is 4.67. The molecule has 0 aromatic heterocycles. The minimum atomic E-state index is -0.235. The molecule has 90 valence electrons. The Morgan fingerprint density at radius 2 is 2.06 bits per heavy atom. The molecule has 1 rings (SSSR count). The number of aliphatic hydroxyl groups excluding tert-OH is 1. The molecule has 1 unspecified atom stereocenters. The van der Waals surface area contributed by atoms with Gasteiger partial charge in [-0.05, 0) is 42.0 Å². The van der Waals surface area contributed by atoms with Crippen molar-refractivity contribution in [1.82, 2.24) is 0 Å². The van der Waals surface area contributed by atoms with Gasteiger partial charge in [0.15, 0.2) is 0 Å². The van der Waals surface area contributed by atoms with E-state index in [-0.39, 0.29) is 17.8 Å². The fraction of sp³-hybridized carbons (Fsp3) is 0.538. The van der Waals surface area contributed by atoms with Crippen LogP contribution >= 0.6 is 15.9 Å². The first-order valence-corrected chi connectivity index (χ1v) is 6.34. The largest absolute Gasteiger partial charge is 0.396 e. The van der Waals surface area contributed by atoms with Crippen LogP contribution in [-0.4, -0.2) is 11.7 Å². The lowest BCUT2D eigenvalue weighted by Gasteiger charge is -2.27. The molecule has 0 aliphatic carbocycles. The van der Waals surface area contributed by atoms with Crippen LogP contribution in [0.15, 0.2) is 22.7 Å². The third kappa shape index (κ3) is 3.87. The van der Waals surface area contributed by atoms with Crippen LogP contribution < -0.4 is 0 Å². The van der Waals surface area contributed by atoms with Crippen molar-refractivity contribution in [3.05, 3.63) is 34.1 Å². The number of aliphatic hydroxyl groups is 1. The number of hydrogen-bond donors (Lipinski definition) is 1. The van der Waals surface area contributed by atoms with Crippen LogP contribution in [-0.2, 0) is 6.42 Å². The Hall–Kier alpha value is -0.410. The molecule has 0 radical (unpaired) electrons. The Morgan fingerprint density at radius 3 is 2.56 bits per heavy atom. The summed E-state index contributed by atoms with van der Waals surface area (Å²) in [7, 11) is 0. The Labute approximate surface area is 105 Å². The number of hydrogen-bond acceptors (Lipinski definition) is 1. The van der Waals surface area contributed by atoms with Crippen molar-refractivity contribution < 1.29 is 9.50 Å². The van der Waals surface area contributed by atoms with Crippen LogP contribution in [0.1, 0.15) is 32.3 Å². The van der Waals surface area contributed by atoms with Gasteiger partial charge in [0, 0.05) is 11.1 Å². The fourth-order valence-corrected chi connectivity index (χ4v) is 2.55. The molecule has 0 saturated heterocycles. The molecule has 1 aromatic rings. The fourth-order valence-electron chi connectivity index (χ4n) is 2.03. The van der Waals surface area contributed by atoms with E-state index in [0.29, 0.717) is 6.42 Å². The van der Waals surface area contributed by atoms with E-state index in [9.17, 15) is 9.50 Å². The highest BCUT2D eigenvalue weighted by molar-refractivity contribution is 9.10. The van der Waals surface area contributed by atoms with E-state index < -0.39 is 0 Å². The molecule has 16 heavy (non-hydrogen) atoms. The summed E-state index contributed by atoms with van der Waals surface area (Å²) < 4.78 is 13.9. The van der Waals surface area contributed by atoms with Gasteiger partial charge in [0.25, 0.3) is 0 Å². The quantitative estimate of drug-likeness (QED) is 0.870. The lowest BCUT2D eigenvalue weighted by atomic mass is 9.80. The summed E-state index contributed by atoms with van der Waals surface area (Å²) in [5.74, 6) is -0.235. The first-order chi connectivity index (χ1) is 7.49. The molecule has 1 aromatic carbocycles. The Bertz CT molecular complexity index is 334. The zero-order valence-corrected chi connectivity index (χ0v) is 11.3. The molecule has 3 heteroatoms. The summed E-state index contributed by atoms with van der Waals surface area (Å²) >= 11 is 3.28. The van der Waals surface area contributed by atoms with Crippen LogP contribution in [0.2, 0.25) is 0 Å². The minimum absolute atomic E-state index is 0.134. The van der Waals surface area contributed by atoms with Crippen LogP contribution in [0.5, 0.6) is 0 Å². The van der Waals surface area contributed by atoms with E-state index in [0.717, 1.165) is 22.9 Å². The van der Waals surface area contributed by atoms with E-state index in [1.165, 1.54) is 12.1 Å². The van der Waals surface area contributed by atoms with Crippen LogP contribution in [0, 0.1) is 11.2 Å².